The second-order valence-electron chi connectivity index (χ2n) is 5.44. The van der Waals surface area contributed by atoms with Crippen molar-refractivity contribution in [3.8, 4) is 17.1 Å². The molecule has 3 heterocycles. The van der Waals surface area contributed by atoms with Crippen molar-refractivity contribution >= 4 is 5.91 Å². The summed E-state index contributed by atoms with van der Waals surface area (Å²) in [4.78, 5) is 20.4. The van der Waals surface area contributed by atoms with Gasteiger partial charge in [-0.3, -0.25) is 19.9 Å². The minimum atomic E-state index is -0.172. The maximum atomic E-state index is 11.9. The molecule has 1 amide bonds. The third kappa shape index (κ3) is 4.41. The third-order valence-electron chi connectivity index (χ3n) is 3.51. The van der Waals surface area contributed by atoms with Crippen LogP contribution < -0.4 is 10.1 Å². The van der Waals surface area contributed by atoms with Gasteiger partial charge in [-0.1, -0.05) is 6.92 Å². The number of pyridine rings is 2. The molecular weight excluding hydrogens is 318 g/mol. The Hall–Kier alpha value is -3.22. The van der Waals surface area contributed by atoms with Crippen molar-refractivity contribution in [2.75, 3.05) is 6.54 Å². The zero-order valence-electron chi connectivity index (χ0n) is 13.9. The summed E-state index contributed by atoms with van der Waals surface area (Å²) in [6, 6.07) is 9.11. The molecule has 2 N–H and O–H groups in total. The highest BCUT2D eigenvalue weighted by Crippen LogP contribution is 2.17. The first-order valence-corrected chi connectivity index (χ1v) is 8.08. The quantitative estimate of drug-likeness (QED) is 0.691. The standard InChI is InChI=1S/C18H19N5O2/c1-2-7-20-18(24)17-10-13(5-8-19-17)12-25-14-3-4-15(21-11-14)16-6-9-22-23-16/h3-6,8-11H,2,7,12H2,1H3,(H,20,24)(H,22,23). The van der Waals surface area contributed by atoms with E-state index in [4.69, 9.17) is 4.74 Å². The summed E-state index contributed by atoms with van der Waals surface area (Å²) >= 11 is 0. The molecule has 3 aromatic rings. The van der Waals surface area contributed by atoms with Crippen molar-refractivity contribution in [1.82, 2.24) is 25.5 Å². The van der Waals surface area contributed by atoms with E-state index in [1.807, 2.05) is 31.2 Å². The van der Waals surface area contributed by atoms with Gasteiger partial charge >= 0.3 is 0 Å². The smallest absolute Gasteiger partial charge is 0.269 e. The monoisotopic (exact) mass is 337 g/mol. The molecule has 0 fully saturated rings. The van der Waals surface area contributed by atoms with E-state index < -0.39 is 0 Å². The first-order chi connectivity index (χ1) is 12.3. The van der Waals surface area contributed by atoms with Crippen LogP contribution in [0.2, 0.25) is 0 Å². The van der Waals surface area contributed by atoms with Crippen LogP contribution in [0.4, 0.5) is 0 Å². The first kappa shape index (κ1) is 16.6. The molecule has 0 aliphatic carbocycles. The SMILES string of the molecule is CCCNC(=O)c1cc(COc2ccc(-c3ccn[nH]3)nc2)ccn1. The predicted molar refractivity (Wildman–Crippen MR) is 93.0 cm³/mol. The third-order valence-corrected chi connectivity index (χ3v) is 3.51. The Bertz CT molecular complexity index is 816. The van der Waals surface area contributed by atoms with Gasteiger partial charge in [-0.2, -0.15) is 5.10 Å². The average molecular weight is 337 g/mol. The van der Waals surface area contributed by atoms with Crippen LogP contribution in [0.25, 0.3) is 11.4 Å². The van der Waals surface area contributed by atoms with E-state index in [1.165, 1.54) is 0 Å². The Morgan fingerprint density at radius 2 is 2.12 bits per heavy atom. The lowest BCUT2D eigenvalue weighted by Crippen LogP contribution is -2.25. The molecule has 0 atom stereocenters. The zero-order valence-corrected chi connectivity index (χ0v) is 13.9. The number of carbonyl (C=O) groups excluding carboxylic acids is 1. The van der Waals surface area contributed by atoms with E-state index in [1.54, 1.807) is 24.7 Å². The van der Waals surface area contributed by atoms with Gasteiger partial charge in [0.25, 0.3) is 5.91 Å². The van der Waals surface area contributed by atoms with E-state index in [0.717, 1.165) is 23.4 Å². The van der Waals surface area contributed by atoms with Crippen LogP contribution >= 0.6 is 0 Å². The van der Waals surface area contributed by atoms with Gasteiger partial charge in [0.05, 0.1) is 17.6 Å². The number of rotatable bonds is 7. The van der Waals surface area contributed by atoms with Crippen molar-refractivity contribution < 1.29 is 9.53 Å². The van der Waals surface area contributed by atoms with Gasteiger partial charge in [0.2, 0.25) is 0 Å². The fourth-order valence-electron chi connectivity index (χ4n) is 2.21. The fraction of sp³-hybridized carbons (Fsp3) is 0.222. The van der Waals surface area contributed by atoms with Gasteiger partial charge in [-0.25, -0.2) is 0 Å². The topological polar surface area (TPSA) is 92.8 Å². The number of carbonyl (C=O) groups is 1. The molecule has 0 unspecified atom stereocenters. The van der Waals surface area contributed by atoms with Gasteiger partial charge in [0, 0.05) is 18.9 Å². The highest BCUT2D eigenvalue weighted by atomic mass is 16.5. The maximum absolute atomic E-state index is 11.9. The highest BCUT2D eigenvalue weighted by molar-refractivity contribution is 5.92. The molecule has 0 aliphatic rings. The fourth-order valence-corrected chi connectivity index (χ4v) is 2.21. The van der Waals surface area contributed by atoms with Gasteiger partial charge < -0.3 is 10.1 Å². The van der Waals surface area contributed by atoms with Crippen molar-refractivity contribution in [2.45, 2.75) is 20.0 Å². The summed E-state index contributed by atoms with van der Waals surface area (Å²) in [5, 5.41) is 9.58. The lowest BCUT2D eigenvalue weighted by Gasteiger charge is -2.08. The minimum absolute atomic E-state index is 0.172. The summed E-state index contributed by atoms with van der Waals surface area (Å²) in [5.74, 6) is 0.478. The van der Waals surface area contributed by atoms with Crippen LogP contribution in [0.5, 0.6) is 5.75 Å². The Balaban J connectivity index is 1.60. The van der Waals surface area contributed by atoms with Gasteiger partial charge in [0.15, 0.2) is 0 Å². The van der Waals surface area contributed by atoms with Gasteiger partial charge in [0.1, 0.15) is 18.1 Å². The van der Waals surface area contributed by atoms with E-state index in [9.17, 15) is 4.79 Å². The van der Waals surface area contributed by atoms with Crippen LogP contribution in [0.15, 0.2) is 48.9 Å². The Morgan fingerprint density at radius 3 is 2.84 bits per heavy atom. The normalized spacial score (nSPS) is 10.4. The summed E-state index contributed by atoms with van der Waals surface area (Å²) in [6.45, 7) is 2.97. The number of aromatic amines is 1. The number of hydrogen-bond donors (Lipinski definition) is 2. The van der Waals surface area contributed by atoms with Crippen molar-refractivity contribution in [2.24, 2.45) is 0 Å². The molecule has 0 aromatic carbocycles. The predicted octanol–water partition coefficient (Wildman–Crippen LogP) is 2.59. The van der Waals surface area contributed by atoms with E-state index >= 15 is 0 Å². The molecule has 7 nitrogen and oxygen atoms in total. The van der Waals surface area contributed by atoms with Gasteiger partial charge in [-0.15, -0.1) is 0 Å². The summed E-state index contributed by atoms with van der Waals surface area (Å²) in [6.07, 6.45) is 5.83. The van der Waals surface area contributed by atoms with E-state index in [2.05, 4.69) is 25.5 Å². The lowest BCUT2D eigenvalue weighted by molar-refractivity contribution is 0.0948. The molecule has 3 rings (SSSR count). The number of ether oxygens (including phenoxy) is 1. The van der Waals surface area contributed by atoms with Crippen LogP contribution in [0, 0.1) is 0 Å². The van der Waals surface area contributed by atoms with E-state index in [0.29, 0.717) is 24.6 Å². The Morgan fingerprint density at radius 1 is 1.20 bits per heavy atom. The summed E-state index contributed by atoms with van der Waals surface area (Å²) in [5.41, 5.74) is 2.91. The highest BCUT2D eigenvalue weighted by Gasteiger charge is 2.07. The number of aromatic nitrogens is 4. The molecule has 0 spiro atoms. The molecule has 0 bridgehead atoms. The average Bonchev–Trinajstić information content (AvgIpc) is 3.20. The number of hydrogen-bond acceptors (Lipinski definition) is 5. The molecule has 128 valence electrons. The van der Waals surface area contributed by atoms with Crippen LogP contribution in [-0.4, -0.2) is 32.6 Å². The first-order valence-electron chi connectivity index (χ1n) is 8.08. The maximum Gasteiger partial charge on any atom is 0.269 e. The molecule has 0 saturated carbocycles. The van der Waals surface area contributed by atoms with Crippen molar-refractivity contribution in [3.05, 3.63) is 60.2 Å². The largest absolute Gasteiger partial charge is 0.487 e. The van der Waals surface area contributed by atoms with Crippen LogP contribution in [0.3, 0.4) is 0 Å². The minimum Gasteiger partial charge on any atom is -0.487 e. The second kappa shape index (κ2) is 8.05. The number of nitrogens with zero attached hydrogens (tertiary/aromatic N) is 3. The Kier molecular flexibility index (Phi) is 5.36. The lowest BCUT2D eigenvalue weighted by atomic mass is 10.2. The van der Waals surface area contributed by atoms with Crippen LogP contribution in [0.1, 0.15) is 29.4 Å². The molecule has 3 aromatic heterocycles. The van der Waals surface area contributed by atoms with Crippen molar-refractivity contribution in [1.29, 1.82) is 0 Å². The molecule has 0 saturated heterocycles. The molecule has 7 heteroatoms. The number of H-pyrrole nitrogens is 1. The van der Waals surface area contributed by atoms with E-state index in [-0.39, 0.29) is 5.91 Å². The molecule has 0 radical (unpaired) electrons. The second-order valence-corrected chi connectivity index (χ2v) is 5.44. The molecule has 0 aliphatic heterocycles. The molecule has 25 heavy (non-hydrogen) atoms. The Labute approximate surface area is 145 Å². The number of amides is 1. The van der Waals surface area contributed by atoms with Crippen molar-refractivity contribution in [3.63, 3.8) is 0 Å². The molecular formula is C18H19N5O2. The zero-order chi connectivity index (χ0) is 17.5. The van der Waals surface area contributed by atoms with Crippen LogP contribution in [-0.2, 0) is 6.61 Å². The number of nitrogens with one attached hydrogen (secondary N) is 2. The summed E-state index contributed by atoms with van der Waals surface area (Å²) < 4.78 is 5.73. The summed E-state index contributed by atoms with van der Waals surface area (Å²) in [7, 11) is 0. The van der Waals surface area contributed by atoms with Gasteiger partial charge in [-0.05, 0) is 42.3 Å².